The molecule has 194 valence electrons. The number of aromatic carboxylic acids is 1. The van der Waals surface area contributed by atoms with Crippen molar-refractivity contribution in [1.82, 2.24) is 5.32 Å². The Morgan fingerprint density at radius 3 is 2.42 bits per heavy atom. The molecule has 3 aromatic rings. The molecule has 1 aliphatic rings. The summed E-state index contributed by atoms with van der Waals surface area (Å²) in [5.74, 6) is -2.29. The normalized spacial score (nSPS) is 14.5. The summed E-state index contributed by atoms with van der Waals surface area (Å²) in [6, 6.07) is 13.0. The third-order valence-electron chi connectivity index (χ3n) is 5.73. The average Bonchev–Trinajstić information content (AvgIpc) is 2.88. The number of hydrogen-bond acceptors (Lipinski definition) is 6. The van der Waals surface area contributed by atoms with Gasteiger partial charge in [-0.25, -0.2) is 14.5 Å². The monoisotopic (exact) mass is 554 g/mol. The molecule has 11 heteroatoms. The standard InChI is InChI=1S/C27H20Cl2N2O7/c1-14-19(28)4-3-5-21(14)31-25(33)18(24(32)30-27(31)36)10-16-11-20(29)23(22(12-16)37-2)38-13-15-6-8-17(9-7-15)26(34)35/h3-12H,13H2,1-2H3,(H,34,35)(H,30,32,36)/b18-10+. The molecule has 4 amide bonds. The third-order valence-corrected chi connectivity index (χ3v) is 6.42. The molecule has 2 N–H and O–H groups in total. The first kappa shape index (κ1) is 26.7. The molecule has 0 aliphatic carbocycles. The van der Waals surface area contributed by atoms with Gasteiger partial charge in [-0.3, -0.25) is 14.9 Å². The van der Waals surface area contributed by atoms with E-state index in [1.807, 2.05) is 0 Å². The van der Waals surface area contributed by atoms with E-state index in [2.05, 4.69) is 5.32 Å². The van der Waals surface area contributed by atoms with Crippen molar-refractivity contribution in [3.05, 3.63) is 92.5 Å². The smallest absolute Gasteiger partial charge is 0.335 e. The van der Waals surface area contributed by atoms with E-state index in [1.54, 1.807) is 37.3 Å². The van der Waals surface area contributed by atoms with E-state index in [0.29, 0.717) is 21.7 Å². The Morgan fingerprint density at radius 2 is 1.76 bits per heavy atom. The summed E-state index contributed by atoms with van der Waals surface area (Å²) >= 11 is 12.6. The molecule has 1 heterocycles. The number of hydrogen-bond donors (Lipinski definition) is 2. The molecular formula is C27H20Cl2N2O7. The van der Waals surface area contributed by atoms with Crippen LogP contribution < -0.4 is 19.7 Å². The van der Waals surface area contributed by atoms with Crippen LogP contribution in [0.1, 0.15) is 27.0 Å². The first-order valence-corrected chi connectivity index (χ1v) is 11.9. The first-order chi connectivity index (χ1) is 18.1. The van der Waals surface area contributed by atoms with Crippen LogP contribution in [0.25, 0.3) is 6.08 Å². The second kappa shape index (κ2) is 11.0. The number of carbonyl (C=O) groups is 4. The minimum absolute atomic E-state index is 0.0768. The van der Waals surface area contributed by atoms with E-state index in [0.717, 1.165) is 4.90 Å². The maximum Gasteiger partial charge on any atom is 0.335 e. The van der Waals surface area contributed by atoms with Crippen molar-refractivity contribution in [3.8, 4) is 11.5 Å². The zero-order valence-electron chi connectivity index (χ0n) is 20.1. The van der Waals surface area contributed by atoms with Gasteiger partial charge in [0.15, 0.2) is 11.5 Å². The van der Waals surface area contributed by atoms with E-state index >= 15 is 0 Å². The lowest BCUT2D eigenvalue weighted by Gasteiger charge is -2.27. The highest BCUT2D eigenvalue weighted by Crippen LogP contribution is 2.38. The Morgan fingerprint density at radius 1 is 1.05 bits per heavy atom. The predicted octanol–water partition coefficient (Wildman–Crippen LogP) is 5.25. The fourth-order valence-electron chi connectivity index (χ4n) is 3.74. The van der Waals surface area contributed by atoms with Gasteiger partial charge >= 0.3 is 12.0 Å². The average molecular weight is 555 g/mol. The predicted molar refractivity (Wildman–Crippen MR) is 141 cm³/mol. The molecule has 0 bridgehead atoms. The number of imide groups is 2. The summed E-state index contributed by atoms with van der Waals surface area (Å²) in [7, 11) is 1.40. The Hall–Kier alpha value is -4.34. The van der Waals surface area contributed by atoms with Gasteiger partial charge in [-0.2, -0.15) is 0 Å². The molecular weight excluding hydrogens is 535 g/mol. The first-order valence-electron chi connectivity index (χ1n) is 11.1. The molecule has 0 radical (unpaired) electrons. The maximum atomic E-state index is 13.3. The van der Waals surface area contributed by atoms with E-state index < -0.39 is 23.8 Å². The van der Waals surface area contributed by atoms with Crippen LogP contribution in [0.2, 0.25) is 10.0 Å². The molecule has 0 unspecified atom stereocenters. The van der Waals surface area contributed by atoms with Crippen molar-refractivity contribution in [2.75, 3.05) is 12.0 Å². The number of anilines is 1. The van der Waals surface area contributed by atoms with Gasteiger partial charge in [0.1, 0.15) is 12.2 Å². The van der Waals surface area contributed by atoms with Gasteiger partial charge in [0, 0.05) is 5.02 Å². The van der Waals surface area contributed by atoms with Crippen LogP contribution >= 0.6 is 23.2 Å². The van der Waals surface area contributed by atoms with Gasteiger partial charge in [-0.05, 0) is 66.1 Å². The molecule has 3 aromatic carbocycles. The largest absolute Gasteiger partial charge is 0.493 e. The molecule has 0 saturated carbocycles. The summed E-state index contributed by atoms with van der Waals surface area (Å²) in [6.45, 7) is 1.73. The summed E-state index contributed by atoms with van der Waals surface area (Å²) < 4.78 is 11.2. The molecule has 4 rings (SSSR count). The van der Waals surface area contributed by atoms with Crippen molar-refractivity contribution in [2.24, 2.45) is 0 Å². The van der Waals surface area contributed by atoms with Crippen molar-refractivity contribution in [2.45, 2.75) is 13.5 Å². The van der Waals surface area contributed by atoms with Gasteiger partial charge < -0.3 is 14.6 Å². The topological polar surface area (TPSA) is 122 Å². The van der Waals surface area contributed by atoms with Gasteiger partial charge in [-0.1, -0.05) is 41.4 Å². The summed E-state index contributed by atoms with van der Waals surface area (Å²) in [4.78, 5) is 50.2. The molecule has 1 saturated heterocycles. The number of benzene rings is 3. The minimum atomic E-state index is -1.03. The molecule has 0 spiro atoms. The second-order valence-corrected chi connectivity index (χ2v) is 8.98. The fraction of sp³-hybridized carbons (Fsp3) is 0.111. The Labute approximate surface area is 227 Å². The lowest BCUT2D eigenvalue weighted by molar-refractivity contribution is -0.122. The van der Waals surface area contributed by atoms with E-state index in [1.165, 1.54) is 37.5 Å². The van der Waals surface area contributed by atoms with Gasteiger partial charge in [0.2, 0.25) is 0 Å². The van der Waals surface area contributed by atoms with Crippen LogP contribution in [0.3, 0.4) is 0 Å². The second-order valence-electron chi connectivity index (χ2n) is 8.17. The maximum absolute atomic E-state index is 13.3. The van der Waals surface area contributed by atoms with Crippen molar-refractivity contribution in [3.63, 3.8) is 0 Å². The number of rotatable bonds is 7. The molecule has 1 fully saturated rings. The quantitative estimate of drug-likeness (QED) is 0.302. The highest BCUT2D eigenvalue weighted by molar-refractivity contribution is 6.40. The van der Waals surface area contributed by atoms with Crippen molar-refractivity contribution >= 4 is 58.8 Å². The van der Waals surface area contributed by atoms with Gasteiger partial charge in [0.05, 0.1) is 23.4 Å². The summed E-state index contributed by atoms with van der Waals surface area (Å²) in [5.41, 5.74) is 1.64. The Bertz CT molecular complexity index is 1500. The number of ether oxygens (including phenoxy) is 2. The van der Waals surface area contributed by atoms with Crippen molar-refractivity contribution < 1.29 is 33.8 Å². The lowest BCUT2D eigenvalue weighted by atomic mass is 10.1. The highest BCUT2D eigenvalue weighted by Gasteiger charge is 2.37. The zero-order chi connectivity index (χ0) is 27.6. The molecule has 38 heavy (non-hydrogen) atoms. The fourth-order valence-corrected chi connectivity index (χ4v) is 4.19. The van der Waals surface area contributed by atoms with E-state index in [4.69, 9.17) is 37.8 Å². The molecule has 1 aliphatic heterocycles. The number of nitrogens with one attached hydrogen (secondary N) is 1. The number of methoxy groups -OCH3 is 1. The Balaban J connectivity index is 1.63. The third kappa shape index (κ3) is 5.34. The number of barbiturate groups is 1. The molecule has 0 atom stereocenters. The highest BCUT2D eigenvalue weighted by atomic mass is 35.5. The number of nitrogens with zero attached hydrogens (tertiary/aromatic N) is 1. The number of carboxylic acid groups (broad SMARTS) is 1. The zero-order valence-corrected chi connectivity index (χ0v) is 21.6. The van der Waals surface area contributed by atoms with Crippen LogP contribution in [-0.2, 0) is 16.2 Å². The number of urea groups is 1. The van der Waals surface area contributed by atoms with Crippen LogP contribution in [0.15, 0.2) is 60.2 Å². The van der Waals surface area contributed by atoms with Crippen LogP contribution in [0.5, 0.6) is 11.5 Å². The van der Waals surface area contributed by atoms with E-state index in [9.17, 15) is 19.2 Å². The Kier molecular flexibility index (Phi) is 7.70. The van der Waals surface area contributed by atoms with Crippen LogP contribution in [-0.4, -0.2) is 36.0 Å². The van der Waals surface area contributed by atoms with Crippen molar-refractivity contribution in [1.29, 1.82) is 0 Å². The molecule has 9 nitrogen and oxygen atoms in total. The van der Waals surface area contributed by atoms with E-state index in [-0.39, 0.29) is 40.0 Å². The number of carboxylic acids is 1. The summed E-state index contributed by atoms with van der Waals surface area (Å²) in [6.07, 6.45) is 1.29. The number of halogens is 2. The lowest BCUT2D eigenvalue weighted by Crippen LogP contribution is -2.54. The van der Waals surface area contributed by atoms with Crippen LogP contribution in [0, 0.1) is 6.92 Å². The summed E-state index contributed by atoms with van der Waals surface area (Å²) in [5, 5.41) is 11.7. The number of amides is 4. The molecule has 0 aromatic heterocycles. The van der Waals surface area contributed by atoms with Gasteiger partial charge in [-0.15, -0.1) is 0 Å². The van der Waals surface area contributed by atoms with Gasteiger partial charge in [0.25, 0.3) is 11.8 Å². The van der Waals surface area contributed by atoms with Crippen LogP contribution in [0.4, 0.5) is 10.5 Å². The number of carbonyl (C=O) groups excluding carboxylic acids is 3. The SMILES string of the molecule is COc1cc(/C=C2\C(=O)NC(=O)N(c3cccc(Cl)c3C)C2=O)cc(Cl)c1OCc1ccc(C(=O)O)cc1. The minimum Gasteiger partial charge on any atom is -0.493 e.